The Morgan fingerprint density at radius 2 is 2.27 bits per heavy atom. The number of rotatable bonds is 1. The largest absolute Gasteiger partial charge is 0.502 e. The molecule has 0 spiro atoms. The predicted molar refractivity (Wildman–Crippen MR) is 42.8 cm³/mol. The Hall–Kier alpha value is -1.25. The van der Waals surface area contributed by atoms with Crippen LogP contribution >= 0.6 is 0 Å². The molecule has 0 radical (unpaired) electrons. The Morgan fingerprint density at radius 3 is 2.73 bits per heavy atom. The van der Waals surface area contributed by atoms with Crippen LogP contribution in [0.3, 0.4) is 0 Å². The van der Waals surface area contributed by atoms with Crippen LogP contribution in [0.4, 0.5) is 0 Å². The summed E-state index contributed by atoms with van der Waals surface area (Å²) in [5.41, 5.74) is -0.386. The van der Waals surface area contributed by atoms with Gasteiger partial charge in [0.1, 0.15) is 12.0 Å². The summed E-state index contributed by atoms with van der Waals surface area (Å²) >= 11 is 0. The molecule has 0 bridgehead atoms. The Bertz CT molecular complexity index is 275. The molecule has 1 aromatic rings. The summed E-state index contributed by atoms with van der Waals surface area (Å²) in [4.78, 5) is 10.7. The van der Waals surface area contributed by atoms with Crippen molar-refractivity contribution >= 4 is 0 Å². The van der Waals surface area contributed by atoms with E-state index in [4.69, 9.17) is 9.52 Å². The lowest BCUT2D eigenvalue weighted by molar-refractivity contribution is 0.415. The monoisotopic (exact) mass is 156 g/mol. The zero-order valence-electron chi connectivity index (χ0n) is 5.63. The van der Waals surface area contributed by atoms with Crippen LogP contribution in [0.5, 0.6) is 5.75 Å². The highest BCUT2D eigenvalue weighted by molar-refractivity contribution is 5.15. The van der Waals surface area contributed by atoms with Crippen molar-refractivity contribution in [3.8, 4) is 5.75 Å². The van der Waals surface area contributed by atoms with Crippen molar-refractivity contribution in [2.24, 2.45) is 0 Å². The first-order valence-electron chi connectivity index (χ1n) is 3.04. The first-order chi connectivity index (χ1) is 4.74. The van der Waals surface area contributed by atoms with E-state index in [1.807, 2.05) is 6.92 Å². The van der Waals surface area contributed by atoms with Crippen LogP contribution in [0.2, 0.25) is 0 Å². The minimum atomic E-state index is -0.386. The van der Waals surface area contributed by atoms with Gasteiger partial charge in [-0.1, -0.05) is 14.4 Å². The molecule has 0 fully saturated rings. The Morgan fingerprint density at radius 1 is 1.64 bits per heavy atom. The third-order valence-corrected chi connectivity index (χ3v) is 1.21. The molecule has 0 unspecified atom stereocenters. The van der Waals surface area contributed by atoms with Gasteiger partial charge in [-0.2, -0.15) is 0 Å². The van der Waals surface area contributed by atoms with Crippen LogP contribution in [-0.4, -0.2) is 5.11 Å². The summed E-state index contributed by atoms with van der Waals surface area (Å²) in [5, 5.41) is 8.73. The third-order valence-electron chi connectivity index (χ3n) is 1.21. The van der Waals surface area contributed by atoms with Crippen molar-refractivity contribution in [3.63, 3.8) is 0 Å². The van der Waals surface area contributed by atoms with Gasteiger partial charge < -0.3 is 9.52 Å². The van der Waals surface area contributed by atoms with E-state index in [9.17, 15) is 4.79 Å². The van der Waals surface area contributed by atoms with Crippen LogP contribution in [0, 0.1) is 0 Å². The first-order valence-corrected chi connectivity index (χ1v) is 3.04. The third kappa shape index (κ3) is 2.11. The minimum absolute atomic E-state index is 0. The number of aromatic hydroxyl groups is 1. The maximum atomic E-state index is 10.7. The van der Waals surface area contributed by atoms with Gasteiger partial charge in [0.15, 0.2) is 5.75 Å². The molecule has 1 heterocycles. The molecule has 1 rings (SSSR count). The molecular formula is C8H12O3. The fraction of sp³-hybridized carbons (Fsp3) is 0.375. The van der Waals surface area contributed by atoms with Gasteiger partial charge in [0.25, 0.3) is 0 Å². The molecule has 1 N–H and O–H groups in total. The van der Waals surface area contributed by atoms with Crippen molar-refractivity contribution in [1.29, 1.82) is 0 Å². The molecule has 0 aromatic carbocycles. The highest BCUT2D eigenvalue weighted by Gasteiger charge is 1.97. The molecule has 0 aliphatic carbocycles. The molecule has 11 heavy (non-hydrogen) atoms. The highest BCUT2D eigenvalue weighted by atomic mass is 16.3. The average molecular weight is 156 g/mol. The van der Waals surface area contributed by atoms with E-state index in [0.717, 1.165) is 6.26 Å². The van der Waals surface area contributed by atoms with E-state index in [2.05, 4.69) is 0 Å². The second kappa shape index (κ2) is 3.81. The molecule has 0 saturated heterocycles. The zero-order valence-corrected chi connectivity index (χ0v) is 5.63. The predicted octanol–water partition coefficient (Wildman–Crippen LogP) is 1.54. The lowest BCUT2D eigenvalue weighted by Crippen LogP contribution is -1.98. The standard InChI is InChI=1S/C7H8O3.CH4/c1-2-5-3-6(8)7(9)4-10-5;/h3-4,9H,2H2,1H3;1H4. The molecule has 0 aliphatic heterocycles. The summed E-state index contributed by atoms with van der Waals surface area (Å²) < 4.78 is 4.84. The fourth-order valence-corrected chi connectivity index (χ4v) is 0.629. The van der Waals surface area contributed by atoms with E-state index < -0.39 is 0 Å². The molecule has 3 nitrogen and oxygen atoms in total. The first kappa shape index (κ1) is 9.75. The van der Waals surface area contributed by atoms with E-state index >= 15 is 0 Å². The van der Waals surface area contributed by atoms with Crippen molar-refractivity contribution in [2.45, 2.75) is 20.8 Å². The second-order valence-corrected chi connectivity index (χ2v) is 1.95. The van der Waals surface area contributed by atoms with Gasteiger partial charge in [0.2, 0.25) is 5.43 Å². The van der Waals surface area contributed by atoms with Crippen LogP contribution < -0.4 is 5.43 Å². The molecule has 3 heteroatoms. The lowest BCUT2D eigenvalue weighted by atomic mass is 10.3. The molecule has 1 aromatic heterocycles. The lowest BCUT2D eigenvalue weighted by Gasteiger charge is -1.92. The minimum Gasteiger partial charge on any atom is -0.502 e. The quantitative estimate of drug-likeness (QED) is 0.671. The highest BCUT2D eigenvalue weighted by Crippen LogP contribution is 2.02. The summed E-state index contributed by atoms with van der Waals surface area (Å²) in [7, 11) is 0. The van der Waals surface area contributed by atoms with Crippen molar-refractivity contribution in [1.82, 2.24) is 0 Å². The molecule has 0 atom stereocenters. The van der Waals surface area contributed by atoms with E-state index in [0.29, 0.717) is 12.2 Å². The van der Waals surface area contributed by atoms with E-state index in [1.54, 1.807) is 0 Å². The zero-order chi connectivity index (χ0) is 7.56. The van der Waals surface area contributed by atoms with Crippen LogP contribution in [0.15, 0.2) is 21.5 Å². The van der Waals surface area contributed by atoms with Crippen molar-refractivity contribution in [3.05, 3.63) is 28.3 Å². The van der Waals surface area contributed by atoms with E-state index in [-0.39, 0.29) is 18.6 Å². The van der Waals surface area contributed by atoms with Gasteiger partial charge in [-0.25, -0.2) is 0 Å². The smallest absolute Gasteiger partial charge is 0.226 e. The Labute approximate surface area is 65.3 Å². The molecule has 0 saturated carbocycles. The average Bonchev–Trinajstić information content (AvgIpc) is 1.95. The SMILES string of the molecule is C.CCc1cc(=O)c(O)co1. The molecule has 0 aliphatic rings. The van der Waals surface area contributed by atoms with Gasteiger partial charge in [0.05, 0.1) is 0 Å². The summed E-state index contributed by atoms with van der Waals surface area (Å²) in [6, 6.07) is 1.29. The van der Waals surface area contributed by atoms with Gasteiger partial charge >= 0.3 is 0 Å². The van der Waals surface area contributed by atoms with Crippen LogP contribution in [-0.2, 0) is 6.42 Å². The molecular weight excluding hydrogens is 144 g/mol. The van der Waals surface area contributed by atoms with Gasteiger partial charge in [-0.05, 0) is 0 Å². The summed E-state index contributed by atoms with van der Waals surface area (Å²) in [6.07, 6.45) is 1.72. The van der Waals surface area contributed by atoms with Crippen molar-refractivity contribution < 1.29 is 9.52 Å². The Balaban J connectivity index is 0.000001000. The Kier molecular flexibility index (Phi) is 3.37. The second-order valence-electron chi connectivity index (χ2n) is 1.95. The molecule has 62 valence electrons. The topological polar surface area (TPSA) is 50.4 Å². The van der Waals surface area contributed by atoms with Crippen LogP contribution in [0.1, 0.15) is 20.1 Å². The van der Waals surface area contributed by atoms with Gasteiger partial charge in [-0.15, -0.1) is 0 Å². The number of hydrogen-bond acceptors (Lipinski definition) is 3. The number of hydrogen-bond donors (Lipinski definition) is 1. The van der Waals surface area contributed by atoms with Gasteiger partial charge in [0, 0.05) is 12.5 Å². The molecule has 0 amide bonds. The normalized spacial score (nSPS) is 8.82. The number of aryl methyl sites for hydroxylation is 1. The summed E-state index contributed by atoms with van der Waals surface area (Å²) in [6.45, 7) is 1.87. The maximum Gasteiger partial charge on any atom is 0.226 e. The van der Waals surface area contributed by atoms with Gasteiger partial charge in [-0.3, -0.25) is 4.79 Å². The van der Waals surface area contributed by atoms with Crippen LogP contribution in [0.25, 0.3) is 0 Å². The fourth-order valence-electron chi connectivity index (χ4n) is 0.629. The maximum absolute atomic E-state index is 10.7. The van der Waals surface area contributed by atoms with E-state index in [1.165, 1.54) is 6.07 Å². The summed E-state index contributed by atoms with van der Waals surface area (Å²) in [5.74, 6) is 0.250. The van der Waals surface area contributed by atoms with Crippen molar-refractivity contribution in [2.75, 3.05) is 0 Å².